The Bertz CT molecular complexity index is 345. The molecule has 0 heterocycles. The van der Waals surface area contributed by atoms with Crippen molar-refractivity contribution in [1.29, 1.82) is 5.26 Å². The summed E-state index contributed by atoms with van der Waals surface area (Å²) in [5.41, 5.74) is 6.03. The molecule has 0 bridgehead atoms. The molecular weight excluding hydrogens is 226 g/mol. The Morgan fingerprint density at radius 2 is 2.11 bits per heavy atom. The maximum absolute atomic E-state index is 12.4. The van der Waals surface area contributed by atoms with Crippen molar-refractivity contribution >= 4 is 5.91 Å². The lowest BCUT2D eigenvalue weighted by Crippen LogP contribution is -2.51. The van der Waals surface area contributed by atoms with Crippen LogP contribution in [0, 0.1) is 28.6 Å². The Balaban J connectivity index is 2.76. The van der Waals surface area contributed by atoms with Gasteiger partial charge in [0.1, 0.15) is 0 Å². The van der Waals surface area contributed by atoms with E-state index in [1.54, 1.807) is 11.9 Å². The summed E-state index contributed by atoms with van der Waals surface area (Å²) >= 11 is 0. The average Bonchev–Trinajstić information content (AvgIpc) is 2.32. The Kier molecular flexibility index (Phi) is 4.75. The lowest BCUT2D eigenvalue weighted by molar-refractivity contribution is -0.142. The van der Waals surface area contributed by atoms with Gasteiger partial charge in [0, 0.05) is 25.6 Å². The van der Waals surface area contributed by atoms with Crippen molar-refractivity contribution in [3.05, 3.63) is 0 Å². The maximum atomic E-state index is 12.4. The molecule has 1 aliphatic carbocycles. The first-order valence-corrected chi connectivity index (χ1v) is 6.69. The van der Waals surface area contributed by atoms with Crippen LogP contribution in [0.4, 0.5) is 0 Å². The van der Waals surface area contributed by atoms with E-state index in [9.17, 15) is 4.79 Å². The third kappa shape index (κ3) is 2.84. The summed E-state index contributed by atoms with van der Waals surface area (Å²) in [5.74, 6) is 0.523. The van der Waals surface area contributed by atoms with Gasteiger partial charge in [-0.05, 0) is 24.2 Å². The Morgan fingerprint density at radius 3 is 2.67 bits per heavy atom. The van der Waals surface area contributed by atoms with Crippen LogP contribution in [0.15, 0.2) is 0 Å². The zero-order chi connectivity index (χ0) is 13.9. The molecule has 4 heteroatoms. The first-order chi connectivity index (χ1) is 8.32. The van der Waals surface area contributed by atoms with Crippen molar-refractivity contribution in [2.45, 2.75) is 46.1 Å². The van der Waals surface area contributed by atoms with Gasteiger partial charge in [0.05, 0.1) is 12.5 Å². The summed E-state index contributed by atoms with van der Waals surface area (Å²) in [6, 6.07) is 2.27. The highest BCUT2D eigenvalue weighted by Crippen LogP contribution is 2.44. The molecule has 1 fully saturated rings. The minimum Gasteiger partial charge on any atom is -0.344 e. The van der Waals surface area contributed by atoms with Gasteiger partial charge in [-0.25, -0.2) is 0 Å². The van der Waals surface area contributed by atoms with E-state index in [-0.39, 0.29) is 23.3 Å². The van der Waals surface area contributed by atoms with Gasteiger partial charge in [0.15, 0.2) is 0 Å². The van der Waals surface area contributed by atoms with Crippen molar-refractivity contribution in [3.63, 3.8) is 0 Å². The summed E-state index contributed by atoms with van der Waals surface area (Å²) in [4.78, 5) is 14.1. The van der Waals surface area contributed by atoms with Crippen molar-refractivity contribution < 1.29 is 4.79 Å². The monoisotopic (exact) mass is 251 g/mol. The summed E-state index contributed by atoms with van der Waals surface area (Å²) in [6.45, 7) is 6.93. The quantitative estimate of drug-likeness (QED) is 0.831. The van der Waals surface area contributed by atoms with Crippen molar-refractivity contribution in [3.8, 4) is 6.07 Å². The van der Waals surface area contributed by atoms with Gasteiger partial charge in [0.25, 0.3) is 0 Å². The predicted molar refractivity (Wildman–Crippen MR) is 71.5 cm³/mol. The van der Waals surface area contributed by atoms with Crippen LogP contribution in [-0.4, -0.2) is 30.4 Å². The molecule has 0 spiro atoms. The summed E-state index contributed by atoms with van der Waals surface area (Å²) in [7, 11) is 1.79. The number of hydrogen-bond donors (Lipinski definition) is 1. The second kappa shape index (κ2) is 5.71. The van der Waals surface area contributed by atoms with Gasteiger partial charge in [-0.2, -0.15) is 5.26 Å². The SMILES string of the molecule is CC1C(N)CCC(C(=O)N(C)CCC#N)C1(C)C. The molecule has 3 unspecified atom stereocenters. The van der Waals surface area contributed by atoms with E-state index >= 15 is 0 Å². The van der Waals surface area contributed by atoms with Crippen LogP contribution in [0.25, 0.3) is 0 Å². The number of nitriles is 1. The first kappa shape index (κ1) is 15.0. The van der Waals surface area contributed by atoms with E-state index in [4.69, 9.17) is 11.0 Å². The molecule has 0 aromatic rings. The summed E-state index contributed by atoms with van der Waals surface area (Å²) < 4.78 is 0. The minimum absolute atomic E-state index is 0.0241. The summed E-state index contributed by atoms with van der Waals surface area (Å²) in [6.07, 6.45) is 2.16. The molecule has 1 saturated carbocycles. The van der Waals surface area contributed by atoms with Crippen molar-refractivity contribution in [2.75, 3.05) is 13.6 Å². The zero-order valence-electron chi connectivity index (χ0n) is 11.9. The topological polar surface area (TPSA) is 70.1 Å². The van der Waals surface area contributed by atoms with Crippen LogP contribution in [0.1, 0.15) is 40.0 Å². The molecule has 1 aliphatic rings. The van der Waals surface area contributed by atoms with Gasteiger partial charge in [0.2, 0.25) is 5.91 Å². The molecule has 4 nitrogen and oxygen atoms in total. The van der Waals surface area contributed by atoms with Gasteiger partial charge in [-0.15, -0.1) is 0 Å². The molecular formula is C14H25N3O. The lowest BCUT2D eigenvalue weighted by atomic mass is 9.61. The lowest BCUT2D eigenvalue weighted by Gasteiger charge is -2.47. The number of carbonyl (C=O) groups excluding carboxylic acids is 1. The average molecular weight is 251 g/mol. The second-order valence-electron chi connectivity index (χ2n) is 6.07. The van der Waals surface area contributed by atoms with Gasteiger partial charge < -0.3 is 10.6 Å². The molecule has 0 aliphatic heterocycles. The number of amides is 1. The highest BCUT2D eigenvalue weighted by molar-refractivity contribution is 5.79. The number of nitrogens with two attached hydrogens (primary N) is 1. The standard InChI is InChI=1S/C14H25N3O/c1-10-12(16)7-6-11(14(10,2)3)13(18)17(4)9-5-8-15/h10-12H,5-7,9,16H2,1-4H3. The molecule has 0 aromatic carbocycles. The first-order valence-electron chi connectivity index (χ1n) is 6.69. The van der Waals surface area contributed by atoms with Gasteiger partial charge >= 0.3 is 0 Å². The molecule has 2 N–H and O–H groups in total. The predicted octanol–water partition coefficient (Wildman–Crippen LogP) is 1.76. The van der Waals surface area contributed by atoms with Gasteiger partial charge in [-0.3, -0.25) is 4.79 Å². The molecule has 18 heavy (non-hydrogen) atoms. The van der Waals surface area contributed by atoms with E-state index in [1.807, 2.05) is 0 Å². The Labute approximate surface area is 110 Å². The highest BCUT2D eigenvalue weighted by Gasteiger charge is 2.45. The Hall–Kier alpha value is -1.08. The van der Waals surface area contributed by atoms with Gasteiger partial charge in [-0.1, -0.05) is 20.8 Å². The van der Waals surface area contributed by atoms with Crippen LogP contribution in [0.5, 0.6) is 0 Å². The molecule has 1 rings (SSSR count). The molecule has 0 radical (unpaired) electrons. The third-order valence-corrected chi connectivity index (χ3v) is 4.74. The molecule has 102 valence electrons. The van der Waals surface area contributed by atoms with Crippen LogP contribution in [0.2, 0.25) is 0 Å². The van der Waals surface area contributed by atoms with Crippen LogP contribution < -0.4 is 5.73 Å². The second-order valence-corrected chi connectivity index (χ2v) is 6.07. The number of nitrogens with zero attached hydrogens (tertiary/aromatic N) is 2. The maximum Gasteiger partial charge on any atom is 0.226 e. The van der Waals surface area contributed by atoms with Crippen LogP contribution in [-0.2, 0) is 4.79 Å². The van der Waals surface area contributed by atoms with E-state index < -0.39 is 0 Å². The third-order valence-electron chi connectivity index (χ3n) is 4.74. The Morgan fingerprint density at radius 1 is 1.50 bits per heavy atom. The number of carbonyl (C=O) groups is 1. The summed E-state index contributed by atoms with van der Waals surface area (Å²) in [5, 5.41) is 8.58. The minimum atomic E-state index is -0.0738. The fourth-order valence-electron chi connectivity index (χ4n) is 2.89. The van der Waals surface area contributed by atoms with Crippen molar-refractivity contribution in [2.24, 2.45) is 23.0 Å². The fourth-order valence-corrected chi connectivity index (χ4v) is 2.89. The molecule has 1 amide bonds. The normalized spacial score (nSPS) is 30.6. The molecule has 3 atom stereocenters. The molecule has 0 aromatic heterocycles. The van der Waals surface area contributed by atoms with E-state index in [2.05, 4.69) is 26.8 Å². The largest absolute Gasteiger partial charge is 0.344 e. The van der Waals surface area contributed by atoms with Crippen molar-refractivity contribution in [1.82, 2.24) is 4.90 Å². The van der Waals surface area contributed by atoms with Crippen LogP contribution >= 0.6 is 0 Å². The van der Waals surface area contributed by atoms with E-state index in [0.717, 1.165) is 12.8 Å². The van der Waals surface area contributed by atoms with E-state index in [0.29, 0.717) is 18.9 Å². The highest BCUT2D eigenvalue weighted by atomic mass is 16.2. The zero-order valence-corrected chi connectivity index (χ0v) is 11.9. The smallest absolute Gasteiger partial charge is 0.226 e. The molecule has 0 saturated heterocycles. The van der Waals surface area contributed by atoms with Crippen LogP contribution in [0.3, 0.4) is 0 Å². The number of rotatable bonds is 3. The van der Waals surface area contributed by atoms with E-state index in [1.165, 1.54) is 0 Å². The fraction of sp³-hybridized carbons (Fsp3) is 0.857. The number of hydrogen-bond acceptors (Lipinski definition) is 3.